The van der Waals surface area contributed by atoms with E-state index in [4.69, 9.17) is 11.6 Å². The molecule has 0 atom stereocenters. The molecule has 2 saturated heterocycles. The molecule has 0 aromatic heterocycles. The van der Waals surface area contributed by atoms with Crippen molar-refractivity contribution in [2.24, 2.45) is 0 Å². The number of piperidine rings is 1. The Labute approximate surface area is 139 Å². The van der Waals surface area contributed by atoms with E-state index in [2.05, 4.69) is 10.2 Å². The number of nitro benzene ring substituents is 1. The Morgan fingerprint density at radius 3 is 2.61 bits per heavy atom. The Hall–Kier alpha value is -1.86. The highest BCUT2D eigenvalue weighted by atomic mass is 35.5. The zero-order valence-electron chi connectivity index (χ0n) is 12.7. The van der Waals surface area contributed by atoms with Crippen molar-refractivity contribution in [3.63, 3.8) is 0 Å². The second-order valence-corrected chi connectivity index (χ2v) is 6.38. The normalized spacial score (nSPS) is 19.9. The van der Waals surface area contributed by atoms with Crippen LogP contribution >= 0.6 is 11.6 Å². The molecule has 2 aliphatic rings. The number of benzene rings is 1. The molecule has 3 rings (SSSR count). The Morgan fingerprint density at radius 2 is 2.04 bits per heavy atom. The molecule has 2 amide bonds. The van der Waals surface area contributed by atoms with E-state index in [0.29, 0.717) is 6.04 Å². The summed E-state index contributed by atoms with van der Waals surface area (Å²) in [5.41, 5.74) is 0.909. The van der Waals surface area contributed by atoms with Gasteiger partial charge in [-0.1, -0.05) is 17.7 Å². The summed E-state index contributed by atoms with van der Waals surface area (Å²) in [5.74, 6) is 0. The largest absolute Gasteiger partial charge is 0.336 e. The number of nitrogens with zero attached hydrogens (tertiary/aromatic N) is 3. The molecule has 0 bridgehead atoms. The summed E-state index contributed by atoms with van der Waals surface area (Å²) in [6.45, 7) is 4.06. The Morgan fingerprint density at radius 1 is 1.30 bits per heavy atom. The fourth-order valence-electron chi connectivity index (χ4n) is 3.28. The van der Waals surface area contributed by atoms with Crippen LogP contribution in [0.5, 0.6) is 0 Å². The van der Waals surface area contributed by atoms with Crippen molar-refractivity contribution >= 4 is 23.3 Å². The molecule has 2 fully saturated rings. The van der Waals surface area contributed by atoms with Gasteiger partial charge in [-0.15, -0.1) is 0 Å². The molecule has 124 valence electrons. The maximum absolute atomic E-state index is 11.7. The fraction of sp³-hybridized carbons (Fsp3) is 0.533. The van der Waals surface area contributed by atoms with Gasteiger partial charge in [-0.25, -0.2) is 4.79 Å². The van der Waals surface area contributed by atoms with E-state index >= 15 is 0 Å². The topological polar surface area (TPSA) is 78.7 Å². The van der Waals surface area contributed by atoms with E-state index in [1.54, 1.807) is 12.1 Å². The van der Waals surface area contributed by atoms with E-state index in [9.17, 15) is 14.9 Å². The van der Waals surface area contributed by atoms with Crippen LogP contribution in [0.4, 0.5) is 10.5 Å². The smallest absolute Gasteiger partial charge is 0.317 e. The number of carbonyl (C=O) groups excluding carboxylic acids is 1. The minimum Gasteiger partial charge on any atom is -0.336 e. The summed E-state index contributed by atoms with van der Waals surface area (Å²) in [6, 6.07) is 5.24. The Kier molecular flexibility index (Phi) is 4.68. The lowest BCUT2D eigenvalue weighted by molar-refractivity contribution is -0.384. The summed E-state index contributed by atoms with van der Waals surface area (Å²) in [5, 5.41) is 13.8. The van der Waals surface area contributed by atoms with Crippen molar-refractivity contribution in [1.82, 2.24) is 15.1 Å². The van der Waals surface area contributed by atoms with Gasteiger partial charge in [0.2, 0.25) is 0 Å². The maximum atomic E-state index is 11.7. The van der Waals surface area contributed by atoms with Gasteiger partial charge in [0.1, 0.15) is 5.02 Å². The molecule has 0 aliphatic carbocycles. The molecule has 2 aliphatic heterocycles. The fourth-order valence-corrected chi connectivity index (χ4v) is 3.55. The maximum Gasteiger partial charge on any atom is 0.317 e. The van der Waals surface area contributed by atoms with Crippen LogP contribution in [0.15, 0.2) is 18.2 Å². The van der Waals surface area contributed by atoms with Crippen molar-refractivity contribution < 1.29 is 9.72 Å². The molecular formula is C15H19ClN4O3. The highest BCUT2D eigenvalue weighted by Crippen LogP contribution is 2.26. The number of hydrogen-bond donors (Lipinski definition) is 1. The van der Waals surface area contributed by atoms with Crippen LogP contribution in [0, 0.1) is 10.1 Å². The summed E-state index contributed by atoms with van der Waals surface area (Å²) in [7, 11) is 0. The molecule has 2 heterocycles. The van der Waals surface area contributed by atoms with Crippen molar-refractivity contribution in [3.8, 4) is 0 Å². The molecule has 23 heavy (non-hydrogen) atoms. The molecule has 7 nitrogen and oxygen atoms in total. The Balaban J connectivity index is 1.55. The van der Waals surface area contributed by atoms with Gasteiger partial charge in [0, 0.05) is 44.8 Å². The lowest BCUT2D eigenvalue weighted by Gasteiger charge is -2.36. The van der Waals surface area contributed by atoms with Crippen LogP contribution in [-0.2, 0) is 6.54 Å². The second-order valence-electron chi connectivity index (χ2n) is 5.98. The standard InChI is InChI=1S/C15H19ClN4O3/c16-13-9-11(1-2-14(13)20(22)23)10-18-6-3-12(4-7-18)19-8-5-17-15(19)21/h1-2,9,12H,3-8,10H2,(H,17,21). The molecule has 0 saturated carbocycles. The van der Waals surface area contributed by atoms with E-state index in [1.165, 1.54) is 6.07 Å². The minimum absolute atomic E-state index is 0.0469. The SMILES string of the molecule is O=C1NCCN1C1CCN(Cc2ccc([N+](=O)[O-])c(Cl)c2)CC1. The van der Waals surface area contributed by atoms with Gasteiger partial charge >= 0.3 is 6.03 Å². The number of urea groups is 1. The predicted molar refractivity (Wildman–Crippen MR) is 86.5 cm³/mol. The number of amides is 2. The monoisotopic (exact) mass is 338 g/mol. The van der Waals surface area contributed by atoms with Gasteiger partial charge < -0.3 is 10.2 Å². The van der Waals surface area contributed by atoms with Crippen LogP contribution in [0.3, 0.4) is 0 Å². The molecule has 0 spiro atoms. The van der Waals surface area contributed by atoms with Gasteiger partial charge in [-0.05, 0) is 24.5 Å². The minimum atomic E-state index is -0.474. The number of rotatable bonds is 4. The van der Waals surface area contributed by atoms with Crippen molar-refractivity contribution in [1.29, 1.82) is 0 Å². The third-order valence-electron chi connectivity index (χ3n) is 4.50. The van der Waals surface area contributed by atoms with E-state index in [1.807, 2.05) is 4.90 Å². The van der Waals surface area contributed by atoms with Crippen molar-refractivity contribution in [3.05, 3.63) is 38.9 Å². The average Bonchev–Trinajstić information content (AvgIpc) is 2.94. The summed E-state index contributed by atoms with van der Waals surface area (Å²) >= 11 is 5.96. The van der Waals surface area contributed by atoms with Crippen LogP contribution in [0.1, 0.15) is 18.4 Å². The van der Waals surface area contributed by atoms with Crippen LogP contribution in [0.2, 0.25) is 5.02 Å². The highest BCUT2D eigenvalue weighted by molar-refractivity contribution is 6.32. The average molecular weight is 339 g/mol. The first kappa shape index (κ1) is 16.0. The van der Waals surface area contributed by atoms with Gasteiger partial charge in [0.25, 0.3) is 5.69 Å². The molecule has 0 radical (unpaired) electrons. The molecule has 1 aromatic rings. The third-order valence-corrected chi connectivity index (χ3v) is 4.81. The van der Waals surface area contributed by atoms with Crippen LogP contribution in [0.25, 0.3) is 0 Å². The number of carbonyl (C=O) groups is 1. The number of hydrogen-bond acceptors (Lipinski definition) is 4. The predicted octanol–water partition coefficient (Wildman–Crippen LogP) is 2.24. The summed E-state index contributed by atoms with van der Waals surface area (Å²) in [6.07, 6.45) is 1.91. The van der Waals surface area contributed by atoms with Crippen LogP contribution < -0.4 is 5.32 Å². The first-order chi connectivity index (χ1) is 11.0. The zero-order valence-corrected chi connectivity index (χ0v) is 13.5. The number of likely N-dealkylation sites (tertiary alicyclic amines) is 1. The van der Waals surface area contributed by atoms with Crippen molar-refractivity contribution in [2.45, 2.75) is 25.4 Å². The first-order valence-corrected chi connectivity index (χ1v) is 8.12. The lowest BCUT2D eigenvalue weighted by atomic mass is 10.0. The van der Waals surface area contributed by atoms with Crippen molar-refractivity contribution in [2.75, 3.05) is 26.2 Å². The summed E-state index contributed by atoms with van der Waals surface area (Å²) < 4.78 is 0. The first-order valence-electron chi connectivity index (χ1n) is 7.74. The molecule has 1 aromatic carbocycles. The lowest BCUT2D eigenvalue weighted by Crippen LogP contribution is -2.45. The van der Waals surface area contributed by atoms with Gasteiger partial charge in [-0.2, -0.15) is 0 Å². The van der Waals surface area contributed by atoms with Gasteiger partial charge in [-0.3, -0.25) is 15.0 Å². The molecule has 8 heteroatoms. The number of halogens is 1. The third kappa shape index (κ3) is 3.56. The van der Waals surface area contributed by atoms with Gasteiger partial charge in [0.15, 0.2) is 0 Å². The van der Waals surface area contributed by atoms with Gasteiger partial charge in [0.05, 0.1) is 4.92 Å². The van der Waals surface area contributed by atoms with Crippen LogP contribution in [-0.4, -0.2) is 53.0 Å². The molecule has 1 N–H and O–H groups in total. The van der Waals surface area contributed by atoms with E-state index in [-0.39, 0.29) is 16.7 Å². The molecular weight excluding hydrogens is 320 g/mol. The number of nitrogens with one attached hydrogen (secondary N) is 1. The second kappa shape index (κ2) is 6.72. The number of nitro groups is 1. The quantitative estimate of drug-likeness (QED) is 0.674. The summed E-state index contributed by atoms with van der Waals surface area (Å²) in [4.78, 5) is 26.2. The Bertz CT molecular complexity index is 617. The van der Waals surface area contributed by atoms with E-state index < -0.39 is 4.92 Å². The van der Waals surface area contributed by atoms with E-state index in [0.717, 1.165) is 51.1 Å². The molecule has 0 unspecified atom stereocenters. The zero-order chi connectivity index (χ0) is 16.4. The highest BCUT2D eigenvalue weighted by Gasteiger charge is 2.30.